The van der Waals surface area contributed by atoms with Gasteiger partial charge in [-0.2, -0.15) is 0 Å². The van der Waals surface area contributed by atoms with Crippen molar-refractivity contribution in [2.24, 2.45) is 23.7 Å². The molecule has 2 unspecified atom stereocenters. The summed E-state index contributed by atoms with van der Waals surface area (Å²) in [5.74, 6) is 1.87. The molecule has 0 bridgehead atoms. The molecule has 2 nitrogen and oxygen atoms in total. The van der Waals surface area contributed by atoms with Gasteiger partial charge in [-0.25, -0.2) is 0 Å². The lowest BCUT2D eigenvalue weighted by Crippen LogP contribution is -2.40. The van der Waals surface area contributed by atoms with Crippen molar-refractivity contribution in [2.75, 3.05) is 0 Å². The van der Waals surface area contributed by atoms with E-state index in [9.17, 15) is 4.79 Å². The number of benzene rings is 1. The summed E-state index contributed by atoms with van der Waals surface area (Å²) in [6.45, 7) is 4.63. The van der Waals surface area contributed by atoms with Crippen molar-refractivity contribution >= 4 is 5.97 Å². The number of rotatable bonds is 3. The number of carboxylic acids is 1. The zero-order chi connectivity index (χ0) is 14.3. The van der Waals surface area contributed by atoms with E-state index in [1.165, 1.54) is 17.5 Å². The second-order valence-electron chi connectivity index (χ2n) is 6.94. The molecule has 0 amide bonds. The fourth-order valence-electron chi connectivity index (χ4n) is 4.41. The van der Waals surface area contributed by atoms with E-state index >= 15 is 0 Å². The van der Waals surface area contributed by atoms with Gasteiger partial charge in [-0.3, -0.25) is 4.79 Å². The molecule has 3 rings (SSSR count). The standard InChI is InChI=1S/C18H24O2/c1-11(2)17-15-6-4-3-5-12(15)7-8-16(17)13-9-14(10-13)18(19)20/h3-6,11,13-14,16-17H,7-10H2,1-2H3,(H,19,20). The smallest absolute Gasteiger partial charge is 0.306 e. The molecule has 20 heavy (non-hydrogen) atoms. The number of hydrogen-bond donors (Lipinski definition) is 1. The first-order chi connectivity index (χ1) is 9.58. The molecule has 0 spiro atoms. The Kier molecular flexibility index (Phi) is 3.57. The van der Waals surface area contributed by atoms with Gasteiger partial charge in [-0.05, 0) is 60.5 Å². The molecule has 1 N–H and O–H groups in total. The first-order valence-electron chi connectivity index (χ1n) is 7.88. The third-order valence-electron chi connectivity index (χ3n) is 5.47. The molecule has 0 aliphatic heterocycles. The summed E-state index contributed by atoms with van der Waals surface area (Å²) in [5.41, 5.74) is 3.04. The van der Waals surface area contributed by atoms with E-state index in [-0.39, 0.29) is 5.92 Å². The number of carboxylic acid groups (broad SMARTS) is 1. The van der Waals surface area contributed by atoms with Crippen molar-refractivity contribution in [3.63, 3.8) is 0 Å². The van der Waals surface area contributed by atoms with Crippen molar-refractivity contribution in [2.45, 2.75) is 45.4 Å². The van der Waals surface area contributed by atoms with Crippen molar-refractivity contribution in [1.82, 2.24) is 0 Å². The van der Waals surface area contributed by atoms with Crippen LogP contribution in [0.25, 0.3) is 0 Å². The maximum Gasteiger partial charge on any atom is 0.306 e. The lowest BCUT2D eigenvalue weighted by molar-refractivity contribution is -0.147. The summed E-state index contributed by atoms with van der Waals surface area (Å²) >= 11 is 0. The highest BCUT2D eigenvalue weighted by atomic mass is 16.4. The zero-order valence-electron chi connectivity index (χ0n) is 12.4. The van der Waals surface area contributed by atoms with Gasteiger partial charge in [0.05, 0.1) is 5.92 Å². The van der Waals surface area contributed by atoms with Gasteiger partial charge in [-0.15, -0.1) is 0 Å². The molecular formula is C18H24O2. The van der Waals surface area contributed by atoms with Crippen LogP contribution in [-0.2, 0) is 11.2 Å². The third kappa shape index (κ3) is 2.25. The second kappa shape index (κ2) is 5.23. The summed E-state index contributed by atoms with van der Waals surface area (Å²) in [6, 6.07) is 8.85. The first kappa shape index (κ1) is 13.7. The monoisotopic (exact) mass is 272 g/mol. The predicted octanol–water partition coefficient (Wildman–Crippen LogP) is 4.10. The minimum atomic E-state index is -0.599. The van der Waals surface area contributed by atoms with E-state index in [1.807, 2.05) is 0 Å². The van der Waals surface area contributed by atoms with Gasteiger partial charge in [-0.1, -0.05) is 38.1 Å². The molecule has 0 radical (unpaired) electrons. The summed E-state index contributed by atoms with van der Waals surface area (Å²) in [5, 5.41) is 9.08. The summed E-state index contributed by atoms with van der Waals surface area (Å²) in [7, 11) is 0. The van der Waals surface area contributed by atoms with Crippen LogP contribution in [0.15, 0.2) is 24.3 Å². The number of carbonyl (C=O) groups is 1. The molecular weight excluding hydrogens is 248 g/mol. The van der Waals surface area contributed by atoms with Crippen LogP contribution in [0, 0.1) is 23.7 Å². The van der Waals surface area contributed by atoms with Crippen LogP contribution in [0.3, 0.4) is 0 Å². The van der Waals surface area contributed by atoms with Crippen LogP contribution in [0.2, 0.25) is 0 Å². The van der Waals surface area contributed by atoms with Gasteiger partial charge in [0, 0.05) is 0 Å². The van der Waals surface area contributed by atoms with Crippen LogP contribution < -0.4 is 0 Å². The number of aryl methyl sites for hydroxylation is 1. The summed E-state index contributed by atoms with van der Waals surface area (Å²) in [4.78, 5) is 11.0. The van der Waals surface area contributed by atoms with Crippen LogP contribution in [0.1, 0.15) is 50.2 Å². The topological polar surface area (TPSA) is 37.3 Å². The van der Waals surface area contributed by atoms with E-state index < -0.39 is 5.97 Å². The Bertz CT molecular complexity index is 500. The van der Waals surface area contributed by atoms with Gasteiger partial charge < -0.3 is 5.11 Å². The maximum absolute atomic E-state index is 11.0. The van der Waals surface area contributed by atoms with Crippen LogP contribution in [-0.4, -0.2) is 11.1 Å². The van der Waals surface area contributed by atoms with E-state index in [1.54, 1.807) is 0 Å². The Morgan fingerprint density at radius 3 is 2.60 bits per heavy atom. The number of fused-ring (bicyclic) bond motifs is 1. The molecule has 2 atom stereocenters. The largest absolute Gasteiger partial charge is 0.481 e. The summed E-state index contributed by atoms with van der Waals surface area (Å²) in [6.07, 6.45) is 4.19. The molecule has 0 aromatic heterocycles. The molecule has 108 valence electrons. The van der Waals surface area contributed by atoms with Gasteiger partial charge in [0.2, 0.25) is 0 Å². The molecule has 1 aromatic rings. The van der Waals surface area contributed by atoms with Crippen molar-refractivity contribution in [3.8, 4) is 0 Å². The fraction of sp³-hybridized carbons (Fsp3) is 0.611. The zero-order valence-corrected chi connectivity index (χ0v) is 12.4. The second-order valence-corrected chi connectivity index (χ2v) is 6.94. The Morgan fingerprint density at radius 2 is 1.95 bits per heavy atom. The molecule has 1 aromatic carbocycles. The Morgan fingerprint density at radius 1 is 1.25 bits per heavy atom. The van der Waals surface area contributed by atoms with E-state index in [2.05, 4.69) is 38.1 Å². The minimum Gasteiger partial charge on any atom is -0.481 e. The Labute approximate surface area is 121 Å². The molecule has 2 aliphatic rings. The molecule has 2 heteroatoms. The minimum absolute atomic E-state index is 0.0787. The molecule has 0 heterocycles. The summed E-state index contributed by atoms with van der Waals surface area (Å²) < 4.78 is 0. The molecule has 2 aliphatic carbocycles. The SMILES string of the molecule is CC(C)C1c2ccccc2CCC1C1CC(C(=O)O)C1. The van der Waals surface area contributed by atoms with Gasteiger partial charge in [0.15, 0.2) is 0 Å². The van der Waals surface area contributed by atoms with Crippen molar-refractivity contribution in [1.29, 1.82) is 0 Å². The predicted molar refractivity (Wildman–Crippen MR) is 79.7 cm³/mol. The van der Waals surface area contributed by atoms with E-state index in [4.69, 9.17) is 5.11 Å². The average Bonchev–Trinajstić information content (AvgIpc) is 2.35. The van der Waals surface area contributed by atoms with E-state index in [0.29, 0.717) is 23.7 Å². The Balaban J connectivity index is 1.81. The van der Waals surface area contributed by atoms with Gasteiger partial charge in [0.25, 0.3) is 0 Å². The third-order valence-corrected chi connectivity index (χ3v) is 5.47. The molecule has 0 saturated heterocycles. The highest BCUT2D eigenvalue weighted by molar-refractivity contribution is 5.71. The van der Waals surface area contributed by atoms with Crippen molar-refractivity contribution < 1.29 is 9.90 Å². The number of hydrogen-bond acceptors (Lipinski definition) is 1. The lowest BCUT2D eigenvalue weighted by atomic mass is 9.58. The fourth-order valence-corrected chi connectivity index (χ4v) is 4.41. The van der Waals surface area contributed by atoms with E-state index in [0.717, 1.165) is 19.3 Å². The lowest BCUT2D eigenvalue weighted by Gasteiger charge is -2.46. The normalized spacial score (nSPS) is 32.5. The molecule has 1 saturated carbocycles. The van der Waals surface area contributed by atoms with Crippen LogP contribution in [0.4, 0.5) is 0 Å². The number of aliphatic carboxylic acids is 1. The van der Waals surface area contributed by atoms with Crippen molar-refractivity contribution in [3.05, 3.63) is 35.4 Å². The first-order valence-corrected chi connectivity index (χ1v) is 7.88. The average molecular weight is 272 g/mol. The quantitative estimate of drug-likeness (QED) is 0.899. The highest BCUT2D eigenvalue weighted by Crippen LogP contribution is 2.51. The highest BCUT2D eigenvalue weighted by Gasteiger charge is 2.44. The van der Waals surface area contributed by atoms with Gasteiger partial charge >= 0.3 is 5.97 Å². The molecule has 1 fully saturated rings. The van der Waals surface area contributed by atoms with Crippen LogP contribution >= 0.6 is 0 Å². The van der Waals surface area contributed by atoms with Crippen LogP contribution in [0.5, 0.6) is 0 Å². The van der Waals surface area contributed by atoms with Gasteiger partial charge in [0.1, 0.15) is 0 Å². The maximum atomic E-state index is 11.0. The Hall–Kier alpha value is -1.31.